The zero-order chi connectivity index (χ0) is 29.7. The lowest BCUT2D eigenvalue weighted by molar-refractivity contribution is -0.109. The molecule has 1 aliphatic carbocycles. The van der Waals surface area contributed by atoms with E-state index in [1.165, 1.54) is 31.3 Å². The SMILES string of the molecule is COC(C)(C)CN1CCC(Nc2cnc(F)c(-c3cnn(-c4cc(C)c(F)cc4C)c3)c2)C(F)C1.O=CNC1CC1. The van der Waals surface area contributed by atoms with Gasteiger partial charge >= 0.3 is 0 Å². The number of amides is 1. The first-order valence-corrected chi connectivity index (χ1v) is 13.8. The van der Waals surface area contributed by atoms with Crippen molar-refractivity contribution in [2.75, 3.05) is 32.1 Å². The van der Waals surface area contributed by atoms with E-state index < -0.39 is 18.2 Å². The number of anilines is 1. The fourth-order valence-electron chi connectivity index (χ4n) is 4.77. The second-order valence-electron chi connectivity index (χ2n) is 11.4. The van der Waals surface area contributed by atoms with E-state index in [4.69, 9.17) is 4.74 Å². The summed E-state index contributed by atoms with van der Waals surface area (Å²) in [6.45, 7) is 9.12. The number of likely N-dealkylation sites (tertiary alicyclic amines) is 1. The van der Waals surface area contributed by atoms with Crippen LogP contribution in [0.5, 0.6) is 0 Å². The van der Waals surface area contributed by atoms with E-state index in [0.29, 0.717) is 53.6 Å². The summed E-state index contributed by atoms with van der Waals surface area (Å²) < 4.78 is 50.5. The summed E-state index contributed by atoms with van der Waals surface area (Å²) in [6.07, 6.45) is 7.24. The van der Waals surface area contributed by atoms with Gasteiger partial charge in [-0.15, -0.1) is 0 Å². The lowest BCUT2D eigenvalue weighted by Gasteiger charge is -2.39. The number of rotatable bonds is 9. The highest BCUT2D eigenvalue weighted by Crippen LogP contribution is 2.28. The third-order valence-electron chi connectivity index (χ3n) is 7.47. The predicted molar refractivity (Wildman–Crippen MR) is 153 cm³/mol. The number of benzene rings is 1. The zero-order valence-electron chi connectivity index (χ0n) is 24.3. The van der Waals surface area contributed by atoms with Crippen molar-refractivity contribution in [3.05, 3.63) is 59.7 Å². The van der Waals surface area contributed by atoms with E-state index in [2.05, 4.69) is 25.6 Å². The van der Waals surface area contributed by atoms with Crippen LogP contribution in [-0.2, 0) is 9.53 Å². The summed E-state index contributed by atoms with van der Waals surface area (Å²) in [5.41, 5.74) is 2.90. The number of pyridine rings is 1. The van der Waals surface area contributed by atoms with Crippen LogP contribution in [0.15, 0.2) is 36.8 Å². The van der Waals surface area contributed by atoms with E-state index in [1.54, 1.807) is 44.0 Å². The van der Waals surface area contributed by atoms with Crippen molar-refractivity contribution >= 4 is 12.1 Å². The van der Waals surface area contributed by atoms with Crippen molar-refractivity contribution in [2.45, 2.75) is 70.8 Å². The second-order valence-corrected chi connectivity index (χ2v) is 11.4. The lowest BCUT2D eigenvalue weighted by Crippen LogP contribution is -2.51. The van der Waals surface area contributed by atoms with Gasteiger partial charge in [-0.25, -0.2) is 18.4 Å². The van der Waals surface area contributed by atoms with Crippen LogP contribution in [0.2, 0.25) is 0 Å². The molecule has 11 heteroatoms. The van der Waals surface area contributed by atoms with Gasteiger partial charge < -0.3 is 15.4 Å². The maximum absolute atomic E-state index is 15.0. The van der Waals surface area contributed by atoms with Crippen molar-refractivity contribution in [1.82, 2.24) is 25.0 Å². The summed E-state index contributed by atoms with van der Waals surface area (Å²) >= 11 is 0. The summed E-state index contributed by atoms with van der Waals surface area (Å²) in [4.78, 5) is 15.5. The number of piperidine rings is 1. The topological polar surface area (TPSA) is 84.3 Å². The molecule has 1 saturated carbocycles. The number of ether oxygens (including phenoxy) is 1. The quantitative estimate of drug-likeness (QED) is 0.278. The Morgan fingerprint density at radius 2 is 1.88 bits per heavy atom. The fourth-order valence-corrected chi connectivity index (χ4v) is 4.77. The van der Waals surface area contributed by atoms with Gasteiger partial charge in [-0.2, -0.15) is 9.49 Å². The number of hydrogen-bond acceptors (Lipinski definition) is 6. The summed E-state index contributed by atoms with van der Waals surface area (Å²) in [5, 5.41) is 10.2. The molecule has 1 aromatic carbocycles. The molecule has 0 spiro atoms. The minimum atomic E-state index is -1.09. The number of methoxy groups -OCH3 is 1. The van der Waals surface area contributed by atoms with E-state index in [1.807, 2.05) is 13.8 Å². The number of halogens is 3. The van der Waals surface area contributed by atoms with Gasteiger partial charge in [0.15, 0.2) is 0 Å². The Morgan fingerprint density at radius 1 is 1.12 bits per heavy atom. The average Bonchev–Trinajstić information content (AvgIpc) is 3.62. The normalized spacial score (nSPS) is 19.3. The van der Waals surface area contributed by atoms with Crippen molar-refractivity contribution in [3.8, 4) is 16.8 Å². The highest BCUT2D eigenvalue weighted by Gasteiger charge is 2.32. The van der Waals surface area contributed by atoms with Crippen LogP contribution < -0.4 is 10.6 Å². The Morgan fingerprint density at radius 3 is 2.51 bits per heavy atom. The molecular formula is C30H39F3N6O2. The molecule has 2 unspecified atom stereocenters. The number of aromatic nitrogens is 3. The highest BCUT2D eigenvalue weighted by atomic mass is 19.1. The van der Waals surface area contributed by atoms with E-state index in [0.717, 1.165) is 13.0 Å². The van der Waals surface area contributed by atoms with Gasteiger partial charge in [0.1, 0.15) is 12.0 Å². The smallest absolute Gasteiger partial charge is 0.220 e. The summed E-state index contributed by atoms with van der Waals surface area (Å²) in [7, 11) is 1.66. The van der Waals surface area contributed by atoms with Gasteiger partial charge in [-0.3, -0.25) is 9.69 Å². The average molecular weight is 573 g/mol. The molecule has 0 bridgehead atoms. The molecule has 1 amide bonds. The number of nitrogens with one attached hydrogen (secondary N) is 2. The Kier molecular flexibility index (Phi) is 9.70. The van der Waals surface area contributed by atoms with Gasteiger partial charge in [0.05, 0.1) is 35.4 Å². The maximum Gasteiger partial charge on any atom is 0.220 e. The maximum atomic E-state index is 15.0. The Bertz CT molecular complexity index is 1340. The molecule has 0 radical (unpaired) electrons. The van der Waals surface area contributed by atoms with Gasteiger partial charge in [0, 0.05) is 50.1 Å². The second kappa shape index (κ2) is 13.0. The summed E-state index contributed by atoms with van der Waals surface area (Å²) in [5.74, 6) is -0.928. The van der Waals surface area contributed by atoms with E-state index in [-0.39, 0.29) is 17.0 Å². The molecule has 3 aromatic rings. The molecule has 2 aromatic heterocycles. The fraction of sp³-hybridized carbons (Fsp3) is 0.500. The monoisotopic (exact) mass is 572 g/mol. The van der Waals surface area contributed by atoms with Crippen LogP contribution in [0.25, 0.3) is 16.8 Å². The molecule has 8 nitrogen and oxygen atoms in total. The molecule has 2 N–H and O–H groups in total. The number of carbonyl (C=O) groups excluding carboxylic acids is 1. The van der Waals surface area contributed by atoms with Crippen LogP contribution in [0.3, 0.4) is 0 Å². The summed E-state index contributed by atoms with van der Waals surface area (Å²) in [6, 6.07) is 4.91. The molecule has 1 aliphatic heterocycles. The van der Waals surface area contributed by atoms with Crippen LogP contribution in [-0.4, -0.2) is 76.7 Å². The zero-order valence-corrected chi connectivity index (χ0v) is 24.3. The minimum absolute atomic E-state index is 0.257. The molecular weight excluding hydrogens is 533 g/mol. The van der Waals surface area contributed by atoms with Gasteiger partial charge in [-0.1, -0.05) is 0 Å². The van der Waals surface area contributed by atoms with Crippen molar-refractivity contribution in [1.29, 1.82) is 0 Å². The molecule has 41 heavy (non-hydrogen) atoms. The molecule has 3 heterocycles. The van der Waals surface area contributed by atoms with Crippen LogP contribution in [0.1, 0.15) is 44.2 Å². The van der Waals surface area contributed by atoms with Gasteiger partial charge in [-0.05, 0) is 76.3 Å². The van der Waals surface area contributed by atoms with Crippen molar-refractivity contribution in [3.63, 3.8) is 0 Å². The largest absolute Gasteiger partial charge is 0.378 e. The third kappa shape index (κ3) is 8.07. The number of hydrogen-bond donors (Lipinski definition) is 2. The standard InChI is InChI=1S/C26H32F3N5O.C4H7NO/c1-16-9-24(17(2)8-21(16)27)34-13-18(11-31-34)20-10-19(12-30-25(20)29)32-23-6-7-33(14-22(23)28)15-26(3,4)35-5;6-3-5-4-1-2-4/h8-13,22-23,32H,6-7,14-15H2,1-5H3;3-4H,1-2H2,(H,5,6). The van der Waals surface area contributed by atoms with E-state index in [9.17, 15) is 18.0 Å². The van der Waals surface area contributed by atoms with Crippen LogP contribution >= 0.6 is 0 Å². The van der Waals surface area contributed by atoms with Crippen LogP contribution in [0.4, 0.5) is 18.9 Å². The molecule has 2 aliphatic rings. The highest BCUT2D eigenvalue weighted by molar-refractivity contribution is 5.67. The van der Waals surface area contributed by atoms with Crippen molar-refractivity contribution in [2.24, 2.45) is 0 Å². The Labute approximate surface area is 239 Å². The molecule has 1 saturated heterocycles. The number of alkyl halides is 1. The first-order chi connectivity index (χ1) is 19.5. The molecule has 2 fully saturated rings. The Hall–Kier alpha value is -3.44. The first-order valence-electron chi connectivity index (χ1n) is 13.8. The van der Waals surface area contributed by atoms with E-state index >= 15 is 0 Å². The molecule has 5 rings (SSSR count). The van der Waals surface area contributed by atoms with Crippen LogP contribution in [0, 0.1) is 25.6 Å². The first kappa shape index (κ1) is 30.5. The van der Waals surface area contributed by atoms with Gasteiger partial charge in [0.25, 0.3) is 0 Å². The number of nitrogens with zero attached hydrogens (tertiary/aromatic N) is 4. The number of aryl methyl sites for hydroxylation is 2. The van der Waals surface area contributed by atoms with Crippen molar-refractivity contribution < 1.29 is 22.7 Å². The number of carbonyl (C=O) groups is 1. The molecule has 222 valence electrons. The van der Waals surface area contributed by atoms with Gasteiger partial charge in [0.2, 0.25) is 12.4 Å². The minimum Gasteiger partial charge on any atom is -0.378 e. The predicted octanol–water partition coefficient (Wildman–Crippen LogP) is 4.97. The lowest BCUT2D eigenvalue weighted by atomic mass is 10.00. The Balaban J connectivity index is 0.000000572. The third-order valence-corrected chi connectivity index (χ3v) is 7.47. The molecule has 2 atom stereocenters.